The van der Waals surface area contributed by atoms with E-state index in [0.717, 1.165) is 0 Å². The molecule has 1 atom stereocenters. The van der Waals surface area contributed by atoms with Gasteiger partial charge in [-0.15, -0.1) is 0 Å². The Hall–Kier alpha value is -1.43. The second-order valence-electron chi connectivity index (χ2n) is 4.53. The van der Waals surface area contributed by atoms with Gasteiger partial charge in [0.05, 0.1) is 5.56 Å². The van der Waals surface area contributed by atoms with Crippen molar-refractivity contribution in [2.24, 2.45) is 0 Å². The Balaban J connectivity index is 2.11. The van der Waals surface area contributed by atoms with E-state index >= 15 is 0 Å². The summed E-state index contributed by atoms with van der Waals surface area (Å²) in [5.74, 6) is -1.01. The molecule has 1 saturated heterocycles. The van der Waals surface area contributed by atoms with Crippen LogP contribution in [-0.2, 0) is 4.79 Å². The molecule has 6 heteroatoms. The van der Waals surface area contributed by atoms with E-state index in [2.05, 4.69) is 21.2 Å². The van der Waals surface area contributed by atoms with Crippen molar-refractivity contribution in [3.8, 4) is 0 Å². The Bertz CT molecular complexity index is 501. The maximum Gasteiger partial charge on any atom is 0.258 e. The second kappa shape index (κ2) is 5.69. The minimum atomic E-state index is -0.539. The Labute approximate surface area is 119 Å². The summed E-state index contributed by atoms with van der Waals surface area (Å²) in [7, 11) is 0. The minimum Gasteiger partial charge on any atom is -0.352 e. The number of likely N-dealkylation sites (tertiary alicyclic amines) is 1. The summed E-state index contributed by atoms with van der Waals surface area (Å²) in [6.07, 6.45) is 0.692. The number of amides is 2. The highest BCUT2D eigenvalue weighted by Gasteiger charge is 2.29. The average molecular weight is 329 g/mol. The molecule has 1 heterocycles. The van der Waals surface area contributed by atoms with Crippen LogP contribution < -0.4 is 5.32 Å². The van der Waals surface area contributed by atoms with Crippen LogP contribution >= 0.6 is 15.9 Å². The topological polar surface area (TPSA) is 49.4 Å². The molecular weight excluding hydrogens is 315 g/mol. The predicted molar refractivity (Wildman–Crippen MR) is 72.2 cm³/mol. The van der Waals surface area contributed by atoms with Crippen molar-refractivity contribution in [2.45, 2.75) is 19.4 Å². The highest BCUT2D eigenvalue weighted by Crippen LogP contribution is 2.23. The van der Waals surface area contributed by atoms with E-state index in [-0.39, 0.29) is 23.4 Å². The Morgan fingerprint density at radius 2 is 2.21 bits per heavy atom. The third kappa shape index (κ3) is 3.12. The molecule has 0 aromatic heterocycles. The van der Waals surface area contributed by atoms with Crippen molar-refractivity contribution in [1.29, 1.82) is 0 Å². The number of carbonyl (C=O) groups excluding carboxylic acids is 2. The molecule has 1 aliphatic heterocycles. The second-order valence-corrected chi connectivity index (χ2v) is 5.39. The smallest absolute Gasteiger partial charge is 0.258 e. The van der Waals surface area contributed by atoms with Gasteiger partial charge in [0.25, 0.3) is 5.91 Å². The zero-order valence-corrected chi connectivity index (χ0v) is 12.0. The summed E-state index contributed by atoms with van der Waals surface area (Å²) in [6.45, 7) is 2.38. The molecular formula is C13H14BrFN2O2. The SMILES string of the molecule is CC(=O)NC1CCN(C(=O)c2c(F)cccc2Br)C1. The summed E-state index contributed by atoms with van der Waals surface area (Å²) in [5.41, 5.74) is 0.0472. The van der Waals surface area contributed by atoms with Crippen molar-refractivity contribution in [3.63, 3.8) is 0 Å². The summed E-state index contributed by atoms with van der Waals surface area (Å²) in [6, 6.07) is 4.39. The maximum atomic E-state index is 13.7. The molecule has 0 spiro atoms. The lowest BCUT2D eigenvalue weighted by atomic mass is 10.2. The molecule has 2 rings (SSSR count). The molecule has 1 unspecified atom stereocenters. The average Bonchev–Trinajstić information content (AvgIpc) is 2.76. The minimum absolute atomic E-state index is 0.0472. The van der Waals surface area contributed by atoms with E-state index in [1.165, 1.54) is 13.0 Å². The number of hydrogen-bond donors (Lipinski definition) is 1. The van der Waals surface area contributed by atoms with Crippen molar-refractivity contribution >= 4 is 27.7 Å². The molecule has 1 N–H and O–H groups in total. The first-order valence-corrected chi connectivity index (χ1v) is 6.78. The zero-order chi connectivity index (χ0) is 14.0. The summed E-state index contributed by atoms with van der Waals surface area (Å²) >= 11 is 3.19. The van der Waals surface area contributed by atoms with Gasteiger partial charge >= 0.3 is 0 Å². The molecule has 1 aliphatic rings. The van der Waals surface area contributed by atoms with E-state index in [1.54, 1.807) is 17.0 Å². The van der Waals surface area contributed by atoms with E-state index in [9.17, 15) is 14.0 Å². The highest BCUT2D eigenvalue weighted by molar-refractivity contribution is 9.10. The standard InChI is InChI=1S/C13H14BrFN2O2/c1-8(18)16-9-5-6-17(7-9)13(19)12-10(14)3-2-4-11(12)15/h2-4,9H,5-7H2,1H3,(H,16,18). The molecule has 0 saturated carbocycles. The van der Waals surface area contributed by atoms with E-state index < -0.39 is 5.82 Å². The van der Waals surface area contributed by atoms with Crippen molar-refractivity contribution in [3.05, 3.63) is 34.1 Å². The van der Waals surface area contributed by atoms with Crippen LogP contribution in [0.4, 0.5) is 4.39 Å². The molecule has 19 heavy (non-hydrogen) atoms. The molecule has 102 valence electrons. The monoisotopic (exact) mass is 328 g/mol. The van der Waals surface area contributed by atoms with E-state index in [1.807, 2.05) is 0 Å². The first-order valence-electron chi connectivity index (χ1n) is 5.99. The van der Waals surface area contributed by atoms with Gasteiger partial charge in [0.1, 0.15) is 5.82 Å². The quantitative estimate of drug-likeness (QED) is 0.901. The van der Waals surface area contributed by atoms with Gasteiger partial charge in [0, 0.05) is 30.5 Å². The van der Waals surface area contributed by atoms with Crippen LogP contribution in [0.3, 0.4) is 0 Å². The van der Waals surface area contributed by atoms with Gasteiger partial charge in [-0.05, 0) is 34.5 Å². The third-order valence-corrected chi connectivity index (χ3v) is 3.72. The highest BCUT2D eigenvalue weighted by atomic mass is 79.9. The summed E-state index contributed by atoms with van der Waals surface area (Å²) in [5, 5.41) is 2.77. The normalized spacial score (nSPS) is 18.5. The Morgan fingerprint density at radius 3 is 2.84 bits per heavy atom. The first kappa shape index (κ1) is 14.0. The number of nitrogens with one attached hydrogen (secondary N) is 1. The fourth-order valence-corrected chi connectivity index (χ4v) is 2.72. The van der Waals surface area contributed by atoms with Crippen molar-refractivity contribution in [2.75, 3.05) is 13.1 Å². The molecule has 1 fully saturated rings. The van der Waals surface area contributed by atoms with Crippen LogP contribution in [0, 0.1) is 5.82 Å². The number of rotatable bonds is 2. The molecule has 1 aromatic rings. The number of benzene rings is 1. The van der Waals surface area contributed by atoms with Gasteiger partial charge < -0.3 is 10.2 Å². The van der Waals surface area contributed by atoms with Crippen LogP contribution in [0.1, 0.15) is 23.7 Å². The Morgan fingerprint density at radius 1 is 1.47 bits per heavy atom. The predicted octanol–water partition coefficient (Wildman–Crippen LogP) is 1.94. The van der Waals surface area contributed by atoms with Crippen molar-refractivity contribution < 1.29 is 14.0 Å². The molecule has 1 aromatic carbocycles. The molecule has 0 aliphatic carbocycles. The fourth-order valence-electron chi connectivity index (χ4n) is 2.21. The van der Waals surface area contributed by atoms with Crippen LogP contribution in [0.2, 0.25) is 0 Å². The van der Waals surface area contributed by atoms with Crippen LogP contribution in [0.25, 0.3) is 0 Å². The fraction of sp³-hybridized carbons (Fsp3) is 0.385. The van der Waals surface area contributed by atoms with Crippen LogP contribution in [0.5, 0.6) is 0 Å². The lowest BCUT2D eigenvalue weighted by Crippen LogP contribution is -2.37. The maximum absolute atomic E-state index is 13.7. The van der Waals surface area contributed by atoms with Gasteiger partial charge in [0.15, 0.2) is 0 Å². The van der Waals surface area contributed by atoms with Gasteiger partial charge in [0.2, 0.25) is 5.91 Å². The molecule has 2 amide bonds. The first-order chi connectivity index (χ1) is 8.99. The third-order valence-electron chi connectivity index (χ3n) is 3.06. The lowest BCUT2D eigenvalue weighted by Gasteiger charge is -2.18. The van der Waals surface area contributed by atoms with Crippen molar-refractivity contribution in [1.82, 2.24) is 10.2 Å². The van der Waals surface area contributed by atoms with Gasteiger partial charge in [-0.2, -0.15) is 0 Å². The summed E-state index contributed by atoms with van der Waals surface area (Å²) in [4.78, 5) is 24.8. The zero-order valence-electron chi connectivity index (χ0n) is 10.5. The van der Waals surface area contributed by atoms with Gasteiger partial charge in [-0.1, -0.05) is 6.07 Å². The van der Waals surface area contributed by atoms with Gasteiger partial charge in [-0.25, -0.2) is 4.39 Å². The largest absolute Gasteiger partial charge is 0.352 e. The Kier molecular flexibility index (Phi) is 4.19. The van der Waals surface area contributed by atoms with E-state index in [0.29, 0.717) is 24.0 Å². The number of nitrogens with zero attached hydrogens (tertiary/aromatic N) is 1. The molecule has 0 bridgehead atoms. The number of halogens is 2. The molecule has 0 radical (unpaired) electrons. The number of carbonyl (C=O) groups is 2. The van der Waals surface area contributed by atoms with E-state index in [4.69, 9.17) is 0 Å². The molecule has 4 nitrogen and oxygen atoms in total. The van der Waals surface area contributed by atoms with Gasteiger partial charge in [-0.3, -0.25) is 9.59 Å². The van der Waals surface area contributed by atoms with Crippen LogP contribution in [0.15, 0.2) is 22.7 Å². The van der Waals surface area contributed by atoms with Crippen LogP contribution in [-0.4, -0.2) is 35.8 Å². The summed E-state index contributed by atoms with van der Waals surface area (Å²) < 4.78 is 14.2. The number of hydrogen-bond acceptors (Lipinski definition) is 2. The lowest BCUT2D eigenvalue weighted by molar-refractivity contribution is -0.119.